The molecule has 2 atom stereocenters. The fourth-order valence-corrected chi connectivity index (χ4v) is 4.48. The highest BCUT2D eigenvalue weighted by Crippen LogP contribution is 2.30. The largest absolute Gasteiger partial charge is 0.310 e. The Morgan fingerprint density at radius 3 is 2.71 bits per heavy atom. The van der Waals surface area contributed by atoms with Crippen molar-refractivity contribution < 1.29 is 0 Å². The van der Waals surface area contributed by atoms with E-state index in [4.69, 9.17) is 0 Å². The number of rotatable bonds is 6. The summed E-state index contributed by atoms with van der Waals surface area (Å²) in [4.78, 5) is 5.56. The van der Waals surface area contributed by atoms with Crippen LogP contribution < -0.4 is 5.32 Å². The topological polar surface area (TPSA) is 15.3 Å². The molecule has 1 N–H and O–H groups in total. The highest BCUT2D eigenvalue weighted by atomic mass is 32.1. The molecule has 0 aliphatic heterocycles. The molecule has 2 nitrogen and oxygen atoms in total. The molecule has 1 heterocycles. The number of nitrogens with one attached hydrogen (secondary N) is 1. The van der Waals surface area contributed by atoms with Gasteiger partial charge in [-0.25, -0.2) is 0 Å². The highest BCUT2D eigenvalue weighted by molar-refractivity contribution is 7.12. The van der Waals surface area contributed by atoms with E-state index in [1.165, 1.54) is 41.0 Å². The summed E-state index contributed by atoms with van der Waals surface area (Å²) in [5.41, 5.74) is 1.53. The van der Waals surface area contributed by atoms with Crippen LogP contribution in [0, 0.1) is 12.8 Å². The fraction of sp³-hybridized carbons (Fsp3) is 0.778. The molecule has 21 heavy (non-hydrogen) atoms. The van der Waals surface area contributed by atoms with Crippen LogP contribution in [-0.2, 0) is 13.1 Å². The third-order valence-corrected chi connectivity index (χ3v) is 5.90. The molecule has 2 unspecified atom stereocenters. The zero-order chi connectivity index (χ0) is 15.4. The normalized spacial score (nSPS) is 23.2. The third-order valence-electron chi connectivity index (χ3n) is 4.81. The van der Waals surface area contributed by atoms with Crippen molar-refractivity contribution in [2.24, 2.45) is 5.92 Å². The van der Waals surface area contributed by atoms with Crippen molar-refractivity contribution >= 4 is 11.3 Å². The van der Waals surface area contributed by atoms with Gasteiger partial charge < -0.3 is 5.32 Å². The van der Waals surface area contributed by atoms with Gasteiger partial charge in [0.2, 0.25) is 0 Å². The van der Waals surface area contributed by atoms with Crippen LogP contribution in [-0.4, -0.2) is 24.0 Å². The van der Waals surface area contributed by atoms with Crippen LogP contribution in [0.2, 0.25) is 0 Å². The molecule has 0 aromatic carbocycles. The second-order valence-corrected chi connectivity index (χ2v) is 8.41. The van der Waals surface area contributed by atoms with Crippen molar-refractivity contribution in [2.45, 2.75) is 78.6 Å². The Balaban J connectivity index is 1.95. The van der Waals surface area contributed by atoms with Crippen LogP contribution in [0.25, 0.3) is 0 Å². The number of aryl methyl sites for hydroxylation is 1. The van der Waals surface area contributed by atoms with Crippen molar-refractivity contribution in [3.8, 4) is 0 Å². The first-order valence-corrected chi connectivity index (χ1v) is 9.30. The van der Waals surface area contributed by atoms with Gasteiger partial charge in [0.25, 0.3) is 0 Å². The van der Waals surface area contributed by atoms with E-state index >= 15 is 0 Å². The van der Waals surface area contributed by atoms with Crippen molar-refractivity contribution in [2.75, 3.05) is 7.05 Å². The lowest BCUT2D eigenvalue weighted by Crippen LogP contribution is -2.38. The van der Waals surface area contributed by atoms with Crippen molar-refractivity contribution in [1.82, 2.24) is 10.2 Å². The second-order valence-electron chi connectivity index (χ2n) is 7.07. The van der Waals surface area contributed by atoms with Gasteiger partial charge in [0.15, 0.2) is 0 Å². The van der Waals surface area contributed by atoms with Crippen LogP contribution in [0.3, 0.4) is 0 Å². The summed E-state index contributed by atoms with van der Waals surface area (Å²) >= 11 is 1.96. The van der Waals surface area contributed by atoms with Gasteiger partial charge in [-0.2, -0.15) is 0 Å². The highest BCUT2D eigenvalue weighted by Gasteiger charge is 2.25. The quantitative estimate of drug-likeness (QED) is 0.828. The maximum Gasteiger partial charge on any atom is 0.0302 e. The molecule has 0 saturated heterocycles. The van der Waals surface area contributed by atoms with Gasteiger partial charge in [0.1, 0.15) is 0 Å². The maximum absolute atomic E-state index is 3.52. The van der Waals surface area contributed by atoms with Crippen molar-refractivity contribution in [1.29, 1.82) is 0 Å². The third kappa shape index (κ3) is 4.80. The lowest BCUT2D eigenvalue weighted by Gasteiger charge is -2.36. The molecular formula is C18H32N2S. The summed E-state index contributed by atoms with van der Waals surface area (Å²) in [6, 6.07) is 3.75. The number of nitrogens with zero attached hydrogens (tertiary/aromatic N) is 1. The Kier molecular flexibility index (Phi) is 6.27. The zero-order valence-electron chi connectivity index (χ0n) is 14.4. The second kappa shape index (κ2) is 7.75. The van der Waals surface area contributed by atoms with E-state index in [9.17, 15) is 0 Å². The average molecular weight is 309 g/mol. The van der Waals surface area contributed by atoms with Crippen LogP contribution in [0.15, 0.2) is 6.07 Å². The first-order valence-electron chi connectivity index (χ1n) is 8.49. The number of thiophene rings is 1. The van der Waals surface area contributed by atoms with Gasteiger partial charge in [0, 0.05) is 34.9 Å². The van der Waals surface area contributed by atoms with Gasteiger partial charge in [-0.15, -0.1) is 11.3 Å². The summed E-state index contributed by atoms with van der Waals surface area (Å²) in [5.74, 6) is 0.852. The monoisotopic (exact) mass is 308 g/mol. The summed E-state index contributed by atoms with van der Waals surface area (Å²) in [7, 11) is 2.32. The Morgan fingerprint density at radius 1 is 1.33 bits per heavy atom. The van der Waals surface area contributed by atoms with Crippen molar-refractivity contribution in [3.05, 3.63) is 21.4 Å². The van der Waals surface area contributed by atoms with E-state index in [0.29, 0.717) is 6.04 Å². The van der Waals surface area contributed by atoms with E-state index in [2.05, 4.69) is 51.0 Å². The standard InChI is InChI=1S/C18H32N2S/c1-13(2)19-11-17-10-16(15(4)21-17)12-20(5)18-9-7-6-8-14(18)3/h10,13-14,18-19H,6-9,11-12H2,1-5H3. The minimum absolute atomic E-state index is 0.557. The minimum atomic E-state index is 0.557. The summed E-state index contributed by atoms with van der Waals surface area (Å²) in [5, 5.41) is 3.52. The molecule has 1 aliphatic carbocycles. The Morgan fingerprint density at radius 2 is 2.05 bits per heavy atom. The lowest BCUT2D eigenvalue weighted by molar-refractivity contribution is 0.133. The van der Waals surface area contributed by atoms with Crippen LogP contribution in [0.4, 0.5) is 0 Å². The molecule has 2 rings (SSSR count). The molecule has 1 fully saturated rings. The van der Waals surface area contributed by atoms with Gasteiger partial charge in [-0.3, -0.25) is 4.90 Å². The predicted octanol–water partition coefficient (Wildman–Crippen LogP) is 4.57. The molecule has 0 bridgehead atoms. The first-order chi connectivity index (χ1) is 9.97. The SMILES string of the molecule is Cc1sc(CNC(C)C)cc1CN(C)C1CCCCC1C. The summed E-state index contributed by atoms with van der Waals surface area (Å²) in [6.45, 7) is 11.2. The van der Waals surface area contributed by atoms with Gasteiger partial charge in [0.05, 0.1) is 0 Å². The first kappa shape index (κ1) is 17.0. The zero-order valence-corrected chi connectivity index (χ0v) is 15.2. The lowest BCUT2D eigenvalue weighted by atomic mass is 9.85. The molecule has 0 amide bonds. The van der Waals surface area contributed by atoms with E-state index in [-0.39, 0.29) is 0 Å². The van der Waals surface area contributed by atoms with E-state index in [1.807, 2.05) is 11.3 Å². The molecule has 3 heteroatoms. The van der Waals surface area contributed by atoms with Crippen LogP contribution >= 0.6 is 11.3 Å². The number of hydrogen-bond acceptors (Lipinski definition) is 3. The Labute approximate surface area is 134 Å². The van der Waals surface area contributed by atoms with Crippen LogP contribution in [0.1, 0.15) is 61.8 Å². The molecule has 0 radical (unpaired) electrons. The Bertz CT molecular complexity index is 438. The maximum atomic E-state index is 3.52. The molecule has 120 valence electrons. The van der Waals surface area contributed by atoms with Gasteiger partial charge in [-0.05, 0) is 44.4 Å². The molecule has 1 aromatic rings. The van der Waals surface area contributed by atoms with E-state index < -0.39 is 0 Å². The van der Waals surface area contributed by atoms with E-state index in [0.717, 1.165) is 25.0 Å². The molecule has 0 spiro atoms. The van der Waals surface area contributed by atoms with E-state index in [1.54, 1.807) is 0 Å². The molecule has 1 saturated carbocycles. The summed E-state index contributed by atoms with van der Waals surface area (Å²) in [6.07, 6.45) is 5.61. The number of hydrogen-bond donors (Lipinski definition) is 1. The predicted molar refractivity (Wildman–Crippen MR) is 93.9 cm³/mol. The minimum Gasteiger partial charge on any atom is -0.310 e. The molecule has 1 aliphatic rings. The molecular weight excluding hydrogens is 276 g/mol. The fourth-order valence-electron chi connectivity index (χ4n) is 3.47. The van der Waals surface area contributed by atoms with Gasteiger partial charge in [-0.1, -0.05) is 33.6 Å². The van der Waals surface area contributed by atoms with Crippen LogP contribution in [0.5, 0.6) is 0 Å². The summed E-state index contributed by atoms with van der Waals surface area (Å²) < 4.78 is 0. The van der Waals surface area contributed by atoms with Crippen molar-refractivity contribution in [3.63, 3.8) is 0 Å². The molecule has 1 aromatic heterocycles. The van der Waals surface area contributed by atoms with Gasteiger partial charge >= 0.3 is 0 Å². The smallest absolute Gasteiger partial charge is 0.0302 e. The Hall–Kier alpha value is -0.380. The average Bonchev–Trinajstić information content (AvgIpc) is 2.77.